The zero-order valence-corrected chi connectivity index (χ0v) is 15.1. The summed E-state index contributed by atoms with van der Waals surface area (Å²) in [6.07, 6.45) is 7.72. The van der Waals surface area contributed by atoms with E-state index in [0.717, 1.165) is 32.4 Å². The van der Waals surface area contributed by atoms with Gasteiger partial charge in [-0.25, -0.2) is 9.97 Å². The molecule has 1 fully saturated rings. The van der Waals surface area contributed by atoms with E-state index in [1.165, 1.54) is 12.0 Å². The van der Waals surface area contributed by atoms with Crippen LogP contribution in [-0.4, -0.2) is 40.4 Å². The van der Waals surface area contributed by atoms with Gasteiger partial charge in [-0.1, -0.05) is 37.3 Å². The highest BCUT2D eigenvalue weighted by Gasteiger charge is 2.26. The van der Waals surface area contributed by atoms with Crippen LogP contribution in [0.4, 0.5) is 5.95 Å². The van der Waals surface area contributed by atoms with Gasteiger partial charge in [0.25, 0.3) is 5.91 Å². The molecule has 0 aliphatic carbocycles. The number of benzene rings is 1. The second-order valence-electron chi connectivity index (χ2n) is 6.67. The number of aromatic nitrogens is 2. The maximum absolute atomic E-state index is 12.8. The minimum atomic E-state index is 0.0591. The van der Waals surface area contributed by atoms with Crippen LogP contribution >= 0.6 is 0 Å². The number of hydrogen-bond acceptors (Lipinski definition) is 4. The fraction of sp³-hybridized carbons (Fsp3) is 0.450. The fourth-order valence-corrected chi connectivity index (χ4v) is 3.41. The molecule has 5 nitrogen and oxygen atoms in total. The van der Waals surface area contributed by atoms with Crippen LogP contribution in [0.2, 0.25) is 0 Å². The van der Waals surface area contributed by atoms with Gasteiger partial charge in [0, 0.05) is 38.6 Å². The topological polar surface area (TPSA) is 49.3 Å². The Balaban J connectivity index is 1.68. The van der Waals surface area contributed by atoms with Gasteiger partial charge in [0.15, 0.2) is 0 Å². The van der Waals surface area contributed by atoms with Crippen molar-refractivity contribution in [1.29, 1.82) is 0 Å². The van der Waals surface area contributed by atoms with Crippen molar-refractivity contribution in [3.63, 3.8) is 0 Å². The second-order valence-corrected chi connectivity index (χ2v) is 6.67. The molecule has 0 spiro atoms. The van der Waals surface area contributed by atoms with Crippen molar-refractivity contribution in [2.75, 3.05) is 18.5 Å². The Morgan fingerprint density at radius 3 is 2.60 bits per heavy atom. The van der Waals surface area contributed by atoms with E-state index in [9.17, 15) is 4.79 Å². The van der Waals surface area contributed by atoms with E-state index in [2.05, 4.69) is 29.0 Å². The van der Waals surface area contributed by atoms with Gasteiger partial charge in [0.2, 0.25) is 5.95 Å². The molecule has 0 radical (unpaired) electrons. The molecule has 0 bridgehead atoms. The monoisotopic (exact) mass is 338 g/mol. The molecule has 1 unspecified atom stereocenters. The Bertz CT molecular complexity index is 687. The van der Waals surface area contributed by atoms with E-state index in [1.807, 2.05) is 35.0 Å². The first kappa shape index (κ1) is 17.4. The van der Waals surface area contributed by atoms with Crippen molar-refractivity contribution < 1.29 is 4.79 Å². The van der Waals surface area contributed by atoms with Crippen LogP contribution in [0, 0.1) is 0 Å². The van der Waals surface area contributed by atoms with Gasteiger partial charge in [-0.05, 0) is 31.2 Å². The summed E-state index contributed by atoms with van der Waals surface area (Å²) in [5.74, 6) is 0.690. The maximum Gasteiger partial charge on any atom is 0.257 e. The van der Waals surface area contributed by atoms with Crippen molar-refractivity contribution in [1.82, 2.24) is 14.9 Å². The van der Waals surface area contributed by atoms with Gasteiger partial charge in [-0.3, -0.25) is 4.79 Å². The molecule has 0 saturated carbocycles. The van der Waals surface area contributed by atoms with Gasteiger partial charge in [-0.15, -0.1) is 0 Å². The lowest BCUT2D eigenvalue weighted by Crippen LogP contribution is -2.43. The Labute approximate surface area is 149 Å². The number of nitrogens with zero attached hydrogens (tertiary/aromatic N) is 4. The summed E-state index contributed by atoms with van der Waals surface area (Å²) in [6, 6.07) is 10.6. The van der Waals surface area contributed by atoms with Gasteiger partial charge >= 0.3 is 0 Å². The highest BCUT2D eigenvalue weighted by molar-refractivity contribution is 5.94. The van der Waals surface area contributed by atoms with Gasteiger partial charge in [0.05, 0.1) is 5.56 Å². The molecular formula is C20H26N4O. The minimum Gasteiger partial charge on any atom is -0.340 e. The number of amides is 1. The largest absolute Gasteiger partial charge is 0.340 e. The quantitative estimate of drug-likeness (QED) is 0.837. The van der Waals surface area contributed by atoms with Crippen molar-refractivity contribution in [2.45, 2.75) is 45.2 Å². The van der Waals surface area contributed by atoms with Crippen LogP contribution in [0.5, 0.6) is 0 Å². The van der Waals surface area contributed by atoms with Gasteiger partial charge < -0.3 is 9.80 Å². The summed E-state index contributed by atoms with van der Waals surface area (Å²) in [5, 5.41) is 0. The molecule has 1 saturated heterocycles. The molecule has 5 heteroatoms. The number of piperidine rings is 1. The first-order valence-corrected chi connectivity index (χ1v) is 9.07. The normalized spacial score (nSPS) is 17.4. The minimum absolute atomic E-state index is 0.0591. The maximum atomic E-state index is 12.8. The molecule has 2 heterocycles. The Morgan fingerprint density at radius 1 is 1.20 bits per heavy atom. The summed E-state index contributed by atoms with van der Waals surface area (Å²) in [6.45, 7) is 3.72. The molecular weight excluding hydrogens is 312 g/mol. The summed E-state index contributed by atoms with van der Waals surface area (Å²) in [4.78, 5) is 25.6. The van der Waals surface area contributed by atoms with Crippen LogP contribution < -0.4 is 4.90 Å². The van der Waals surface area contributed by atoms with Crippen LogP contribution in [0.25, 0.3) is 0 Å². The molecule has 1 aliphatic rings. The third-order valence-corrected chi connectivity index (χ3v) is 4.85. The zero-order valence-electron chi connectivity index (χ0n) is 15.1. The average Bonchev–Trinajstić information content (AvgIpc) is 2.68. The molecule has 2 aromatic rings. The van der Waals surface area contributed by atoms with Crippen LogP contribution in [0.1, 0.15) is 48.5 Å². The standard InChI is InChI=1S/C20H26N4O/c1-3-18-11-7-8-12-24(18)19(25)17-13-21-20(22-14-17)23(2)15-16-9-5-4-6-10-16/h4-6,9-10,13-14,18H,3,7-8,11-12,15H2,1-2H3. The summed E-state index contributed by atoms with van der Waals surface area (Å²) < 4.78 is 0. The van der Waals surface area contributed by atoms with E-state index in [1.54, 1.807) is 12.4 Å². The van der Waals surface area contributed by atoms with Crippen LogP contribution in [0.3, 0.4) is 0 Å². The molecule has 25 heavy (non-hydrogen) atoms. The summed E-state index contributed by atoms with van der Waals surface area (Å²) in [5.41, 5.74) is 1.78. The van der Waals surface area contributed by atoms with E-state index in [0.29, 0.717) is 17.6 Å². The highest BCUT2D eigenvalue weighted by atomic mass is 16.2. The molecule has 3 rings (SSSR count). The second kappa shape index (κ2) is 8.10. The molecule has 1 aliphatic heterocycles. The first-order valence-electron chi connectivity index (χ1n) is 9.07. The molecule has 132 valence electrons. The van der Waals surface area contributed by atoms with Crippen molar-refractivity contribution >= 4 is 11.9 Å². The molecule has 1 aromatic heterocycles. The summed E-state index contributed by atoms with van der Waals surface area (Å²) >= 11 is 0. The Kier molecular flexibility index (Phi) is 5.64. The number of likely N-dealkylation sites (tertiary alicyclic amines) is 1. The SMILES string of the molecule is CCC1CCCCN1C(=O)c1cnc(N(C)Cc2ccccc2)nc1. The first-order chi connectivity index (χ1) is 12.2. The van der Waals surface area contributed by atoms with E-state index >= 15 is 0 Å². The molecule has 1 aromatic carbocycles. The zero-order chi connectivity index (χ0) is 17.6. The molecule has 0 N–H and O–H groups in total. The summed E-state index contributed by atoms with van der Waals surface area (Å²) in [7, 11) is 1.96. The lowest BCUT2D eigenvalue weighted by Gasteiger charge is -2.35. The number of hydrogen-bond donors (Lipinski definition) is 0. The number of carbonyl (C=O) groups excluding carboxylic acids is 1. The van der Waals surface area contributed by atoms with Crippen LogP contribution in [-0.2, 0) is 6.54 Å². The smallest absolute Gasteiger partial charge is 0.257 e. The lowest BCUT2D eigenvalue weighted by atomic mass is 9.99. The van der Waals surface area contributed by atoms with Crippen LogP contribution in [0.15, 0.2) is 42.7 Å². The number of carbonyl (C=O) groups is 1. The molecule has 1 amide bonds. The van der Waals surface area contributed by atoms with E-state index in [-0.39, 0.29) is 5.91 Å². The van der Waals surface area contributed by atoms with E-state index < -0.39 is 0 Å². The number of rotatable bonds is 5. The predicted octanol–water partition coefficient (Wildman–Crippen LogP) is 3.52. The molecule has 1 atom stereocenters. The van der Waals surface area contributed by atoms with Gasteiger partial charge in [-0.2, -0.15) is 0 Å². The Morgan fingerprint density at radius 2 is 1.92 bits per heavy atom. The highest BCUT2D eigenvalue weighted by Crippen LogP contribution is 2.21. The average molecular weight is 338 g/mol. The predicted molar refractivity (Wildman–Crippen MR) is 99.5 cm³/mol. The van der Waals surface area contributed by atoms with Crippen molar-refractivity contribution in [2.24, 2.45) is 0 Å². The van der Waals surface area contributed by atoms with E-state index in [4.69, 9.17) is 0 Å². The number of anilines is 1. The third-order valence-electron chi connectivity index (χ3n) is 4.85. The fourth-order valence-electron chi connectivity index (χ4n) is 3.41. The van der Waals surface area contributed by atoms with Crippen molar-refractivity contribution in [3.05, 3.63) is 53.9 Å². The Hall–Kier alpha value is -2.43. The van der Waals surface area contributed by atoms with Crippen molar-refractivity contribution in [3.8, 4) is 0 Å². The van der Waals surface area contributed by atoms with Gasteiger partial charge in [0.1, 0.15) is 0 Å². The third kappa shape index (κ3) is 4.16. The lowest BCUT2D eigenvalue weighted by molar-refractivity contribution is 0.0607.